The number of carbonyl (C=O) groups is 1. The number of amides is 1. The van der Waals surface area contributed by atoms with Crippen LogP contribution in [0.3, 0.4) is 0 Å². The van der Waals surface area contributed by atoms with Crippen LogP contribution < -0.4 is 10.6 Å². The average molecular weight is 238 g/mol. The van der Waals surface area contributed by atoms with E-state index in [2.05, 4.69) is 15.6 Å². The Hall–Kier alpha value is -2.18. The predicted octanol–water partition coefficient (Wildman–Crippen LogP) is 0.845. The van der Waals surface area contributed by atoms with Crippen LogP contribution in [0, 0.1) is 17.0 Å². The minimum Gasteiger partial charge on any atom is -0.358 e. The molecule has 0 aliphatic carbocycles. The van der Waals surface area contributed by atoms with Crippen molar-refractivity contribution in [1.29, 1.82) is 0 Å². The molecule has 0 radical (unpaired) electrons. The first-order valence-corrected chi connectivity index (χ1v) is 5.05. The predicted molar refractivity (Wildman–Crippen MR) is 62.8 cm³/mol. The van der Waals surface area contributed by atoms with Crippen molar-refractivity contribution in [2.75, 3.05) is 12.4 Å². The molecule has 7 nitrogen and oxygen atoms in total. The van der Waals surface area contributed by atoms with Gasteiger partial charge in [0.15, 0.2) is 0 Å². The molecule has 1 aromatic rings. The molecular weight excluding hydrogens is 224 g/mol. The van der Waals surface area contributed by atoms with Gasteiger partial charge in [-0.25, -0.2) is 4.98 Å². The molecule has 1 aromatic heterocycles. The Labute approximate surface area is 98.4 Å². The largest absolute Gasteiger partial charge is 0.358 e. The van der Waals surface area contributed by atoms with Crippen molar-refractivity contribution in [2.24, 2.45) is 0 Å². The first-order chi connectivity index (χ1) is 7.95. The number of nitro groups is 1. The van der Waals surface area contributed by atoms with E-state index in [1.54, 1.807) is 13.8 Å². The molecule has 0 spiro atoms. The zero-order chi connectivity index (χ0) is 13.0. The first-order valence-electron chi connectivity index (χ1n) is 5.05. The van der Waals surface area contributed by atoms with Gasteiger partial charge >= 0.3 is 0 Å². The molecular formula is C10H14N4O3. The Morgan fingerprint density at radius 3 is 2.71 bits per heavy atom. The fourth-order valence-corrected chi connectivity index (χ4v) is 1.30. The molecule has 2 N–H and O–H groups in total. The van der Waals surface area contributed by atoms with Gasteiger partial charge in [-0.1, -0.05) is 0 Å². The van der Waals surface area contributed by atoms with E-state index in [0.717, 1.165) is 6.20 Å². The van der Waals surface area contributed by atoms with Crippen LogP contribution in [0.25, 0.3) is 0 Å². The molecule has 92 valence electrons. The lowest BCUT2D eigenvalue weighted by molar-refractivity contribution is -0.385. The third-order valence-corrected chi connectivity index (χ3v) is 2.27. The highest BCUT2D eigenvalue weighted by atomic mass is 16.6. The maximum Gasteiger partial charge on any atom is 0.287 e. The SMILES string of the molecule is CNC(=O)C(C)Nc1ncc([N+](=O)[O-])cc1C. The minimum absolute atomic E-state index is 0.0688. The van der Waals surface area contributed by atoms with E-state index < -0.39 is 11.0 Å². The number of nitrogens with one attached hydrogen (secondary N) is 2. The van der Waals surface area contributed by atoms with Crippen LogP contribution in [0.15, 0.2) is 12.3 Å². The minimum atomic E-state index is -0.508. The summed E-state index contributed by atoms with van der Waals surface area (Å²) in [5.41, 5.74) is 0.551. The van der Waals surface area contributed by atoms with Crippen molar-refractivity contribution < 1.29 is 9.72 Å². The van der Waals surface area contributed by atoms with Crippen LogP contribution in [-0.4, -0.2) is 28.9 Å². The third-order valence-electron chi connectivity index (χ3n) is 2.27. The van der Waals surface area contributed by atoms with E-state index in [9.17, 15) is 14.9 Å². The van der Waals surface area contributed by atoms with Gasteiger partial charge in [-0.2, -0.15) is 0 Å². The van der Waals surface area contributed by atoms with Crippen molar-refractivity contribution in [1.82, 2.24) is 10.3 Å². The Bertz CT molecular complexity index is 447. The first kappa shape index (κ1) is 12.9. The summed E-state index contributed by atoms with van der Waals surface area (Å²) in [4.78, 5) is 25.2. The van der Waals surface area contributed by atoms with Gasteiger partial charge in [0.25, 0.3) is 5.69 Å². The Balaban J connectivity index is 2.86. The molecule has 1 heterocycles. The second kappa shape index (κ2) is 5.24. The van der Waals surface area contributed by atoms with Crippen LogP contribution in [-0.2, 0) is 4.79 Å². The van der Waals surface area contributed by atoms with Gasteiger partial charge in [0.1, 0.15) is 18.1 Å². The number of hydrogen-bond acceptors (Lipinski definition) is 5. The Morgan fingerprint density at radius 2 is 2.24 bits per heavy atom. The smallest absolute Gasteiger partial charge is 0.287 e. The zero-order valence-electron chi connectivity index (χ0n) is 9.85. The molecule has 1 atom stereocenters. The van der Waals surface area contributed by atoms with E-state index >= 15 is 0 Å². The molecule has 0 fully saturated rings. The van der Waals surface area contributed by atoms with E-state index in [-0.39, 0.29) is 11.6 Å². The molecule has 0 bridgehead atoms. The molecule has 7 heteroatoms. The number of rotatable bonds is 4. The monoisotopic (exact) mass is 238 g/mol. The lowest BCUT2D eigenvalue weighted by atomic mass is 10.2. The van der Waals surface area contributed by atoms with E-state index in [1.165, 1.54) is 13.1 Å². The summed E-state index contributed by atoms with van der Waals surface area (Å²) in [6.07, 6.45) is 1.16. The molecule has 1 rings (SSSR count). The Kier molecular flexibility index (Phi) is 3.97. The highest BCUT2D eigenvalue weighted by Gasteiger charge is 2.14. The fraction of sp³-hybridized carbons (Fsp3) is 0.400. The van der Waals surface area contributed by atoms with Crippen LogP contribution >= 0.6 is 0 Å². The van der Waals surface area contributed by atoms with Crippen molar-refractivity contribution in [3.8, 4) is 0 Å². The Morgan fingerprint density at radius 1 is 1.59 bits per heavy atom. The molecule has 1 amide bonds. The van der Waals surface area contributed by atoms with Gasteiger partial charge in [0.2, 0.25) is 5.91 Å². The number of aromatic nitrogens is 1. The van der Waals surface area contributed by atoms with Crippen molar-refractivity contribution in [2.45, 2.75) is 19.9 Å². The topological polar surface area (TPSA) is 97.2 Å². The summed E-state index contributed by atoms with van der Waals surface area (Å²) in [6, 6.07) is 0.957. The third kappa shape index (κ3) is 3.13. The van der Waals surface area contributed by atoms with Crippen molar-refractivity contribution >= 4 is 17.4 Å². The van der Waals surface area contributed by atoms with Gasteiger partial charge in [0, 0.05) is 13.1 Å². The fourth-order valence-electron chi connectivity index (χ4n) is 1.30. The van der Waals surface area contributed by atoms with Gasteiger partial charge < -0.3 is 10.6 Å². The number of aryl methyl sites for hydroxylation is 1. The van der Waals surface area contributed by atoms with Gasteiger partial charge in [0.05, 0.1) is 4.92 Å². The second-order valence-electron chi connectivity index (χ2n) is 3.60. The van der Waals surface area contributed by atoms with E-state index in [1.807, 2.05) is 0 Å². The summed E-state index contributed by atoms with van der Waals surface area (Å²) in [7, 11) is 1.54. The summed E-state index contributed by atoms with van der Waals surface area (Å²) in [5, 5.41) is 15.9. The zero-order valence-corrected chi connectivity index (χ0v) is 9.85. The average Bonchev–Trinajstić information content (AvgIpc) is 2.30. The van der Waals surface area contributed by atoms with Gasteiger partial charge in [-0.15, -0.1) is 0 Å². The second-order valence-corrected chi connectivity index (χ2v) is 3.60. The number of carbonyl (C=O) groups excluding carboxylic acids is 1. The number of pyridine rings is 1. The number of anilines is 1. The molecule has 0 aliphatic rings. The molecule has 0 aliphatic heterocycles. The number of likely N-dealkylation sites (N-methyl/N-ethyl adjacent to an activating group) is 1. The van der Waals surface area contributed by atoms with Crippen LogP contribution in [0.4, 0.5) is 11.5 Å². The number of hydrogen-bond donors (Lipinski definition) is 2. The summed E-state index contributed by atoms with van der Waals surface area (Å²) in [5.74, 6) is 0.288. The number of nitrogens with zero attached hydrogens (tertiary/aromatic N) is 2. The molecule has 0 saturated carbocycles. The molecule has 0 aromatic carbocycles. The van der Waals surface area contributed by atoms with Gasteiger partial charge in [-0.05, 0) is 19.4 Å². The standard InChI is InChI=1S/C10H14N4O3/c1-6-4-8(14(16)17)5-12-9(6)13-7(2)10(15)11-3/h4-5,7H,1-3H3,(H,11,15)(H,12,13). The lowest BCUT2D eigenvalue weighted by Crippen LogP contribution is -2.35. The lowest BCUT2D eigenvalue weighted by Gasteiger charge is -2.14. The summed E-state index contributed by atoms with van der Waals surface area (Å²) >= 11 is 0. The van der Waals surface area contributed by atoms with E-state index in [4.69, 9.17) is 0 Å². The summed E-state index contributed by atoms with van der Waals surface area (Å²) < 4.78 is 0. The van der Waals surface area contributed by atoms with Crippen LogP contribution in [0.2, 0.25) is 0 Å². The van der Waals surface area contributed by atoms with Crippen molar-refractivity contribution in [3.05, 3.63) is 27.9 Å². The molecule has 0 saturated heterocycles. The molecule has 1 unspecified atom stereocenters. The molecule has 17 heavy (non-hydrogen) atoms. The van der Waals surface area contributed by atoms with Crippen molar-refractivity contribution in [3.63, 3.8) is 0 Å². The van der Waals surface area contributed by atoms with E-state index in [0.29, 0.717) is 11.4 Å². The van der Waals surface area contributed by atoms with Gasteiger partial charge in [-0.3, -0.25) is 14.9 Å². The highest BCUT2D eigenvalue weighted by molar-refractivity contribution is 5.83. The maximum atomic E-state index is 11.3. The summed E-state index contributed by atoms with van der Waals surface area (Å²) in [6.45, 7) is 3.38. The van der Waals surface area contributed by atoms with Crippen LogP contribution in [0.5, 0.6) is 0 Å². The quantitative estimate of drug-likeness (QED) is 0.598. The van der Waals surface area contributed by atoms with Crippen LogP contribution in [0.1, 0.15) is 12.5 Å². The maximum absolute atomic E-state index is 11.3. The highest BCUT2D eigenvalue weighted by Crippen LogP contribution is 2.18. The normalized spacial score (nSPS) is 11.7.